The van der Waals surface area contributed by atoms with Crippen LogP contribution in [0, 0.1) is 0 Å². The maximum Gasteiger partial charge on any atom is 0.221 e. The van der Waals surface area contributed by atoms with Crippen LogP contribution in [0.3, 0.4) is 0 Å². The quantitative estimate of drug-likeness (QED) is 0.691. The average molecular weight is 200 g/mol. The second kappa shape index (κ2) is 5.98. The fraction of sp³-hybridized carbons (Fsp3) is 0.900. The Bertz CT molecular complexity index is 185. The van der Waals surface area contributed by atoms with Crippen molar-refractivity contribution in [1.29, 1.82) is 0 Å². The molecule has 82 valence electrons. The molecule has 4 heteroatoms. The predicted octanol–water partition coefficient (Wildman–Crippen LogP) is 0.233. The van der Waals surface area contributed by atoms with E-state index in [0.29, 0.717) is 12.5 Å². The van der Waals surface area contributed by atoms with Crippen molar-refractivity contribution in [1.82, 2.24) is 10.2 Å². The third-order valence-electron chi connectivity index (χ3n) is 2.76. The molecule has 1 heterocycles. The molecule has 14 heavy (non-hydrogen) atoms. The molecule has 0 unspecified atom stereocenters. The number of nitrogens with zero attached hydrogens (tertiary/aromatic N) is 1. The van der Waals surface area contributed by atoms with Crippen LogP contribution in [0.5, 0.6) is 0 Å². The van der Waals surface area contributed by atoms with Gasteiger partial charge in [0.1, 0.15) is 0 Å². The molecule has 1 fully saturated rings. The predicted molar refractivity (Wildman–Crippen MR) is 55.2 cm³/mol. The molecule has 0 aromatic heterocycles. The Hall–Kier alpha value is -0.610. The summed E-state index contributed by atoms with van der Waals surface area (Å²) in [6.07, 6.45) is 3.01. The molecule has 1 saturated heterocycles. The van der Waals surface area contributed by atoms with Gasteiger partial charge in [-0.3, -0.25) is 9.69 Å². The molecule has 0 aliphatic carbocycles. The first kappa shape index (κ1) is 11.5. The molecule has 0 saturated carbocycles. The summed E-state index contributed by atoms with van der Waals surface area (Å²) in [6.45, 7) is 2.74. The van der Waals surface area contributed by atoms with E-state index in [4.69, 9.17) is 4.74 Å². The standard InChI is InChI=1S/C10H20N2O2/c1-11-10(13)5-7-12-6-3-4-9(12)8-14-2/h9H,3-8H2,1-2H3,(H,11,13)/t9-/m0/s1. The molecule has 0 aromatic carbocycles. The molecule has 4 nitrogen and oxygen atoms in total. The van der Waals surface area contributed by atoms with Crippen LogP contribution in [0.4, 0.5) is 0 Å². The number of hydrogen-bond donors (Lipinski definition) is 1. The van der Waals surface area contributed by atoms with Gasteiger partial charge in [0.25, 0.3) is 0 Å². The number of amides is 1. The summed E-state index contributed by atoms with van der Waals surface area (Å²) in [5.74, 6) is 0.119. The molecule has 0 bridgehead atoms. The van der Waals surface area contributed by atoms with Gasteiger partial charge in [-0.25, -0.2) is 0 Å². The first-order chi connectivity index (χ1) is 6.77. The molecular weight excluding hydrogens is 180 g/mol. The van der Waals surface area contributed by atoms with Gasteiger partial charge in [0.05, 0.1) is 6.61 Å². The highest BCUT2D eigenvalue weighted by Gasteiger charge is 2.24. The summed E-state index contributed by atoms with van der Waals surface area (Å²) >= 11 is 0. The van der Waals surface area contributed by atoms with E-state index in [2.05, 4.69) is 10.2 Å². The first-order valence-electron chi connectivity index (χ1n) is 5.21. The Balaban J connectivity index is 2.25. The van der Waals surface area contributed by atoms with Crippen molar-refractivity contribution in [3.63, 3.8) is 0 Å². The molecule has 0 radical (unpaired) electrons. The fourth-order valence-corrected chi connectivity index (χ4v) is 1.94. The zero-order valence-electron chi connectivity index (χ0n) is 9.08. The smallest absolute Gasteiger partial charge is 0.221 e. The third-order valence-corrected chi connectivity index (χ3v) is 2.76. The number of nitrogens with one attached hydrogen (secondary N) is 1. The Labute approximate surface area is 85.6 Å². The Morgan fingerprint density at radius 2 is 2.43 bits per heavy atom. The van der Waals surface area contributed by atoms with Crippen molar-refractivity contribution in [3.05, 3.63) is 0 Å². The van der Waals surface area contributed by atoms with Crippen molar-refractivity contribution in [3.8, 4) is 0 Å². The molecular formula is C10H20N2O2. The number of likely N-dealkylation sites (tertiary alicyclic amines) is 1. The van der Waals surface area contributed by atoms with Gasteiger partial charge in [-0.15, -0.1) is 0 Å². The molecule has 1 atom stereocenters. The summed E-state index contributed by atoms with van der Waals surface area (Å²) in [4.78, 5) is 13.4. The highest BCUT2D eigenvalue weighted by molar-refractivity contribution is 5.75. The lowest BCUT2D eigenvalue weighted by Crippen LogP contribution is -2.35. The van der Waals surface area contributed by atoms with Crippen molar-refractivity contribution >= 4 is 5.91 Å². The van der Waals surface area contributed by atoms with Gasteiger partial charge in [-0.05, 0) is 19.4 Å². The monoisotopic (exact) mass is 200 g/mol. The van der Waals surface area contributed by atoms with E-state index in [9.17, 15) is 4.79 Å². The molecule has 1 rings (SSSR count). The van der Waals surface area contributed by atoms with E-state index in [1.54, 1.807) is 14.2 Å². The lowest BCUT2D eigenvalue weighted by atomic mass is 10.2. The van der Waals surface area contributed by atoms with E-state index in [-0.39, 0.29) is 5.91 Å². The molecule has 0 aromatic rings. The second-order valence-electron chi connectivity index (χ2n) is 3.71. The molecule has 1 aliphatic rings. The van der Waals surface area contributed by atoms with Crippen molar-refractivity contribution in [2.45, 2.75) is 25.3 Å². The van der Waals surface area contributed by atoms with Gasteiger partial charge in [0.15, 0.2) is 0 Å². The van der Waals surface area contributed by atoms with Gasteiger partial charge in [0, 0.05) is 33.2 Å². The first-order valence-corrected chi connectivity index (χ1v) is 5.21. The summed E-state index contributed by atoms with van der Waals surface area (Å²) < 4.78 is 5.15. The van der Waals surface area contributed by atoms with Crippen LogP contribution in [0.25, 0.3) is 0 Å². The van der Waals surface area contributed by atoms with Gasteiger partial charge in [0.2, 0.25) is 5.91 Å². The highest BCUT2D eigenvalue weighted by Crippen LogP contribution is 2.17. The number of methoxy groups -OCH3 is 1. The van der Waals surface area contributed by atoms with E-state index < -0.39 is 0 Å². The minimum Gasteiger partial charge on any atom is -0.383 e. The number of hydrogen-bond acceptors (Lipinski definition) is 3. The van der Waals surface area contributed by atoms with Gasteiger partial charge >= 0.3 is 0 Å². The zero-order chi connectivity index (χ0) is 10.4. The van der Waals surface area contributed by atoms with E-state index in [0.717, 1.165) is 19.7 Å². The lowest BCUT2D eigenvalue weighted by Gasteiger charge is -2.23. The minimum atomic E-state index is 0.119. The summed E-state index contributed by atoms with van der Waals surface area (Å²) in [6, 6.07) is 0.518. The van der Waals surface area contributed by atoms with Crippen LogP contribution in [-0.2, 0) is 9.53 Å². The molecule has 1 amide bonds. The van der Waals surface area contributed by atoms with Gasteiger partial charge < -0.3 is 10.1 Å². The Morgan fingerprint density at radius 1 is 1.64 bits per heavy atom. The fourth-order valence-electron chi connectivity index (χ4n) is 1.94. The topological polar surface area (TPSA) is 41.6 Å². The Kier molecular flexibility index (Phi) is 4.90. The largest absolute Gasteiger partial charge is 0.383 e. The summed E-state index contributed by atoms with van der Waals surface area (Å²) in [5.41, 5.74) is 0. The van der Waals surface area contributed by atoms with Crippen LogP contribution in [-0.4, -0.2) is 50.7 Å². The van der Waals surface area contributed by atoms with Crippen LogP contribution >= 0.6 is 0 Å². The number of ether oxygens (including phenoxy) is 1. The summed E-state index contributed by atoms with van der Waals surface area (Å²) in [7, 11) is 3.41. The normalized spacial score (nSPS) is 22.6. The summed E-state index contributed by atoms with van der Waals surface area (Å²) in [5, 5.41) is 2.64. The van der Waals surface area contributed by atoms with Crippen molar-refractivity contribution in [2.24, 2.45) is 0 Å². The maximum absolute atomic E-state index is 11.1. The van der Waals surface area contributed by atoms with Crippen LogP contribution in [0.15, 0.2) is 0 Å². The van der Waals surface area contributed by atoms with Gasteiger partial charge in [-0.2, -0.15) is 0 Å². The lowest BCUT2D eigenvalue weighted by molar-refractivity contribution is -0.121. The van der Waals surface area contributed by atoms with Crippen molar-refractivity contribution in [2.75, 3.05) is 33.9 Å². The van der Waals surface area contributed by atoms with Crippen LogP contribution in [0.1, 0.15) is 19.3 Å². The SMILES string of the molecule is CNC(=O)CCN1CCC[C@H]1COC. The minimum absolute atomic E-state index is 0.119. The van der Waals surface area contributed by atoms with E-state index in [1.807, 2.05) is 0 Å². The molecule has 1 aliphatic heterocycles. The van der Waals surface area contributed by atoms with Crippen LogP contribution < -0.4 is 5.32 Å². The third kappa shape index (κ3) is 3.27. The second-order valence-corrected chi connectivity index (χ2v) is 3.71. The zero-order valence-corrected chi connectivity index (χ0v) is 9.08. The average Bonchev–Trinajstić information content (AvgIpc) is 2.62. The highest BCUT2D eigenvalue weighted by atomic mass is 16.5. The Morgan fingerprint density at radius 3 is 3.07 bits per heavy atom. The number of carbonyl (C=O) groups excluding carboxylic acids is 1. The van der Waals surface area contributed by atoms with E-state index in [1.165, 1.54) is 12.8 Å². The van der Waals surface area contributed by atoms with Gasteiger partial charge in [-0.1, -0.05) is 0 Å². The molecule has 1 N–H and O–H groups in total. The van der Waals surface area contributed by atoms with Crippen molar-refractivity contribution < 1.29 is 9.53 Å². The maximum atomic E-state index is 11.1. The number of rotatable bonds is 5. The molecule has 0 spiro atoms. The number of carbonyl (C=O) groups is 1. The van der Waals surface area contributed by atoms with Crippen LogP contribution in [0.2, 0.25) is 0 Å². The van der Waals surface area contributed by atoms with E-state index >= 15 is 0 Å².